The third-order valence-electron chi connectivity index (χ3n) is 3.54. The van der Waals surface area contributed by atoms with E-state index < -0.39 is 0 Å². The van der Waals surface area contributed by atoms with Gasteiger partial charge in [0.1, 0.15) is 5.82 Å². The Hall–Kier alpha value is -2.54. The first kappa shape index (κ1) is 13.1. The number of aromatic nitrogens is 5. The normalized spacial score (nSPS) is 11.3. The standard InChI is InChI=1S/C15H14N6S/c1-2-6-16-15-11-5-7-22-13(11)10-4-3-9(8-12(10)17-15)14-18-20-21-19-14/h3-5,7-8H,2,6H2,1H3,(H,16,17)(H,18,19,20,21). The van der Waals surface area contributed by atoms with Gasteiger partial charge in [0.05, 0.1) is 5.52 Å². The zero-order valence-corrected chi connectivity index (χ0v) is 12.8. The summed E-state index contributed by atoms with van der Waals surface area (Å²) in [6.07, 6.45) is 1.06. The number of anilines is 1. The molecule has 6 nitrogen and oxygen atoms in total. The van der Waals surface area contributed by atoms with E-state index in [1.807, 2.05) is 12.1 Å². The first-order valence-electron chi connectivity index (χ1n) is 7.15. The summed E-state index contributed by atoms with van der Waals surface area (Å²) in [5.41, 5.74) is 1.85. The second kappa shape index (κ2) is 5.34. The van der Waals surface area contributed by atoms with Crippen LogP contribution in [0.3, 0.4) is 0 Å². The molecule has 3 aromatic heterocycles. The molecular formula is C15H14N6S. The molecule has 7 heteroatoms. The molecule has 0 aliphatic heterocycles. The maximum Gasteiger partial charge on any atom is 0.204 e. The lowest BCUT2D eigenvalue weighted by Crippen LogP contribution is -2.02. The Morgan fingerprint density at radius 2 is 2.18 bits per heavy atom. The minimum Gasteiger partial charge on any atom is -0.370 e. The number of aromatic amines is 1. The van der Waals surface area contributed by atoms with Gasteiger partial charge in [0.15, 0.2) is 0 Å². The molecule has 0 aliphatic carbocycles. The van der Waals surface area contributed by atoms with E-state index in [-0.39, 0.29) is 0 Å². The van der Waals surface area contributed by atoms with E-state index in [1.54, 1.807) is 11.3 Å². The lowest BCUT2D eigenvalue weighted by molar-refractivity contribution is 0.881. The van der Waals surface area contributed by atoms with Crippen LogP contribution < -0.4 is 5.32 Å². The molecule has 0 aliphatic rings. The third-order valence-corrected chi connectivity index (χ3v) is 4.49. The molecule has 0 unspecified atom stereocenters. The molecule has 0 atom stereocenters. The van der Waals surface area contributed by atoms with Crippen molar-refractivity contribution < 1.29 is 0 Å². The summed E-state index contributed by atoms with van der Waals surface area (Å²) in [7, 11) is 0. The number of H-pyrrole nitrogens is 1. The molecule has 4 rings (SSSR count). The van der Waals surface area contributed by atoms with Crippen molar-refractivity contribution in [2.45, 2.75) is 13.3 Å². The second-order valence-electron chi connectivity index (χ2n) is 5.02. The SMILES string of the molecule is CCCNc1nc2cc(-c3nn[nH]n3)ccc2c2sccc12. The van der Waals surface area contributed by atoms with E-state index in [9.17, 15) is 0 Å². The number of hydrogen-bond acceptors (Lipinski definition) is 6. The molecule has 1 aromatic carbocycles. The average molecular weight is 310 g/mol. The molecule has 0 saturated heterocycles. The molecular weight excluding hydrogens is 296 g/mol. The van der Waals surface area contributed by atoms with Gasteiger partial charge in [0, 0.05) is 27.6 Å². The van der Waals surface area contributed by atoms with E-state index in [0.717, 1.165) is 35.2 Å². The van der Waals surface area contributed by atoms with Gasteiger partial charge in [-0.2, -0.15) is 5.21 Å². The maximum absolute atomic E-state index is 4.79. The molecule has 4 aromatic rings. The number of nitrogens with zero attached hydrogens (tertiary/aromatic N) is 4. The highest BCUT2D eigenvalue weighted by atomic mass is 32.1. The average Bonchev–Trinajstić information content (AvgIpc) is 3.23. The van der Waals surface area contributed by atoms with Crippen molar-refractivity contribution in [3.8, 4) is 11.4 Å². The number of thiophene rings is 1. The fraction of sp³-hybridized carbons (Fsp3) is 0.200. The molecule has 0 spiro atoms. The van der Waals surface area contributed by atoms with Crippen LogP contribution in [-0.4, -0.2) is 32.2 Å². The minimum absolute atomic E-state index is 0.582. The highest BCUT2D eigenvalue weighted by molar-refractivity contribution is 7.18. The van der Waals surface area contributed by atoms with Crippen LogP contribution in [-0.2, 0) is 0 Å². The smallest absolute Gasteiger partial charge is 0.204 e. The van der Waals surface area contributed by atoms with Gasteiger partial charge in [-0.3, -0.25) is 0 Å². The van der Waals surface area contributed by atoms with E-state index in [0.29, 0.717) is 5.82 Å². The molecule has 0 fully saturated rings. The Bertz CT molecular complexity index is 928. The number of fused-ring (bicyclic) bond motifs is 3. The van der Waals surface area contributed by atoms with Crippen LogP contribution in [0.25, 0.3) is 32.4 Å². The highest BCUT2D eigenvalue weighted by Gasteiger charge is 2.11. The Balaban J connectivity index is 1.93. The second-order valence-corrected chi connectivity index (χ2v) is 5.93. The topological polar surface area (TPSA) is 79.4 Å². The van der Waals surface area contributed by atoms with Crippen molar-refractivity contribution in [1.29, 1.82) is 0 Å². The molecule has 110 valence electrons. The number of nitrogens with one attached hydrogen (secondary N) is 2. The summed E-state index contributed by atoms with van der Waals surface area (Å²) >= 11 is 1.74. The summed E-state index contributed by atoms with van der Waals surface area (Å²) in [6, 6.07) is 8.22. The number of rotatable bonds is 4. The number of hydrogen-bond donors (Lipinski definition) is 2. The van der Waals surface area contributed by atoms with Crippen LogP contribution in [0.5, 0.6) is 0 Å². The van der Waals surface area contributed by atoms with Gasteiger partial charge in [-0.25, -0.2) is 4.98 Å². The predicted octanol–water partition coefficient (Wildman–Crippen LogP) is 3.45. The monoisotopic (exact) mass is 310 g/mol. The van der Waals surface area contributed by atoms with Gasteiger partial charge in [0.25, 0.3) is 0 Å². The molecule has 0 bridgehead atoms. The Morgan fingerprint density at radius 1 is 1.23 bits per heavy atom. The first-order valence-corrected chi connectivity index (χ1v) is 8.03. The van der Waals surface area contributed by atoms with Crippen molar-refractivity contribution in [3.63, 3.8) is 0 Å². The van der Waals surface area contributed by atoms with Gasteiger partial charge < -0.3 is 5.32 Å². The van der Waals surface area contributed by atoms with Crippen LogP contribution in [0.1, 0.15) is 13.3 Å². The van der Waals surface area contributed by atoms with Crippen molar-refractivity contribution in [1.82, 2.24) is 25.6 Å². The molecule has 0 radical (unpaired) electrons. The number of benzene rings is 1. The molecule has 22 heavy (non-hydrogen) atoms. The van der Waals surface area contributed by atoms with E-state index in [4.69, 9.17) is 4.98 Å². The van der Waals surface area contributed by atoms with E-state index in [1.165, 1.54) is 10.1 Å². The van der Waals surface area contributed by atoms with Gasteiger partial charge in [-0.15, -0.1) is 21.5 Å². The van der Waals surface area contributed by atoms with Crippen LogP contribution in [0.4, 0.5) is 5.82 Å². The summed E-state index contributed by atoms with van der Waals surface area (Å²) in [6.45, 7) is 3.06. The zero-order chi connectivity index (χ0) is 14.9. The Morgan fingerprint density at radius 3 is 3.00 bits per heavy atom. The Kier molecular flexibility index (Phi) is 3.19. The lowest BCUT2D eigenvalue weighted by Gasteiger charge is -2.08. The van der Waals surface area contributed by atoms with Crippen LogP contribution in [0.2, 0.25) is 0 Å². The molecule has 2 N–H and O–H groups in total. The minimum atomic E-state index is 0.582. The van der Waals surface area contributed by atoms with Gasteiger partial charge in [-0.1, -0.05) is 19.1 Å². The van der Waals surface area contributed by atoms with Crippen molar-refractivity contribution in [2.75, 3.05) is 11.9 Å². The van der Waals surface area contributed by atoms with Gasteiger partial charge in [-0.05, 0) is 29.1 Å². The zero-order valence-electron chi connectivity index (χ0n) is 12.0. The summed E-state index contributed by atoms with van der Waals surface area (Å²) in [5.74, 6) is 1.52. The van der Waals surface area contributed by atoms with Crippen LogP contribution in [0.15, 0.2) is 29.6 Å². The lowest BCUT2D eigenvalue weighted by atomic mass is 10.1. The van der Waals surface area contributed by atoms with E-state index >= 15 is 0 Å². The maximum atomic E-state index is 4.79. The summed E-state index contributed by atoms with van der Waals surface area (Å²) in [4.78, 5) is 4.79. The molecule has 0 saturated carbocycles. The largest absolute Gasteiger partial charge is 0.370 e. The van der Waals surface area contributed by atoms with Gasteiger partial charge in [0.2, 0.25) is 5.82 Å². The molecule has 3 heterocycles. The first-order chi connectivity index (χ1) is 10.9. The number of tetrazole rings is 1. The summed E-state index contributed by atoms with van der Waals surface area (Å²) in [5, 5.41) is 22.0. The summed E-state index contributed by atoms with van der Waals surface area (Å²) < 4.78 is 1.25. The molecule has 0 amide bonds. The fourth-order valence-corrected chi connectivity index (χ4v) is 3.43. The van der Waals surface area contributed by atoms with Crippen molar-refractivity contribution >= 4 is 38.1 Å². The third kappa shape index (κ3) is 2.10. The fourth-order valence-electron chi connectivity index (χ4n) is 2.50. The van der Waals surface area contributed by atoms with Crippen LogP contribution in [0, 0.1) is 0 Å². The van der Waals surface area contributed by atoms with Crippen molar-refractivity contribution in [3.05, 3.63) is 29.6 Å². The van der Waals surface area contributed by atoms with Gasteiger partial charge >= 0.3 is 0 Å². The highest BCUT2D eigenvalue weighted by Crippen LogP contribution is 2.34. The van der Waals surface area contributed by atoms with E-state index in [2.05, 4.69) is 50.4 Å². The number of pyridine rings is 1. The van der Waals surface area contributed by atoms with Crippen molar-refractivity contribution in [2.24, 2.45) is 0 Å². The quantitative estimate of drug-likeness (QED) is 0.603. The van der Waals surface area contributed by atoms with Crippen LogP contribution >= 0.6 is 11.3 Å². The Labute approximate surface area is 130 Å². The predicted molar refractivity (Wildman–Crippen MR) is 89.1 cm³/mol.